The van der Waals surface area contributed by atoms with Gasteiger partial charge in [-0.1, -0.05) is 6.07 Å². The average Bonchev–Trinajstić information content (AvgIpc) is 3.18. The lowest BCUT2D eigenvalue weighted by atomic mass is 10.2. The molecule has 2 atom stereocenters. The van der Waals surface area contributed by atoms with E-state index < -0.39 is 10.0 Å². The molecule has 2 aliphatic heterocycles. The average molecular weight is 394 g/mol. The largest absolute Gasteiger partial charge is 0.377 e. The van der Waals surface area contributed by atoms with Crippen molar-refractivity contribution in [3.05, 3.63) is 29.8 Å². The number of hydrogen-bond donors (Lipinski definition) is 2. The molecule has 1 aromatic rings. The molecule has 27 heavy (non-hydrogen) atoms. The third kappa shape index (κ3) is 4.68. The Morgan fingerprint density at radius 3 is 2.81 bits per heavy atom. The Labute approximate surface area is 160 Å². The number of benzene rings is 1. The van der Waals surface area contributed by atoms with Gasteiger partial charge in [-0.2, -0.15) is 0 Å². The molecule has 1 aliphatic carbocycles. The zero-order chi connectivity index (χ0) is 18.9. The van der Waals surface area contributed by atoms with Crippen LogP contribution in [0.15, 0.2) is 29.2 Å². The van der Waals surface area contributed by atoms with Crippen LogP contribution in [0.2, 0.25) is 0 Å². The summed E-state index contributed by atoms with van der Waals surface area (Å²) in [5.74, 6) is -0.214. The summed E-state index contributed by atoms with van der Waals surface area (Å²) in [6, 6.07) is 7.06. The van der Waals surface area contributed by atoms with E-state index in [4.69, 9.17) is 4.74 Å². The summed E-state index contributed by atoms with van der Waals surface area (Å²) < 4.78 is 33.1. The van der Waals surface area contributed by atoms with Gasteiger partial charge in [-0.05, 0) is 50.3 Å². The molecule has 1 saturated carbocycles. The number of nitrogens with zero attached hydrogens (tertiary/aromatic N) is 1. The Balaban J connectivity index is 1.36. The van der Waals surface area contributed by atoms with Gasteiger partial charge in [0, 0.05) is 43.9 Å². The molecule has 1 amide bonds. The van der Waals surface area contributed by atoms with Crippen molar-refractivity contribution in [3.63, 3.8) is 0 Å². The fraction of sp³-hybridized carbons (Fsp3) is 0.632. The molecule has 2 saturated heterocycles. The van der Waals surface area contributed by atoms with Crippen LogP contribution in [0.25, 0.3) is 0 Å². The van der Waals surface area contributed by atoms with Gasteiger partial charge in [0.05, 0.1) is 11.0 Å². The second kappa shape index (κ2) is 7.87. The van der Waals surface area contributed by atoms with Gasteiger partial charge in [-0.3, -0.25) is 9.69 Å². The summed E-state index contributed by atoms with van der Waals surface area (Å²) in [4.78, 5) is 15.1. The molecule has 4 rings (SSSR count). The normalized spacial score (nSPS) is 26.4. The van der Waals surface area contributed by atoms with Crippen molar-refractivity contribution in [3.8, 4) is 0 Å². The number of ether oxygens (including phenoxy) is 1. The minimum absolute atomic E-state index is 0.0666. The fourth-order valence-corrected chi connectivity index (χ4v) is 4.95. The Hall–Kier alpha value is -1.48. The van der Waals surface area contributed by atoms with Crippen LogP contribution in [0.1, 0.15) is 42.5 Å². The first-order valence-corrected chi connectivity index (χ1v) is 11.3. The number of rotatable bonds is 7. The molecule has 2 heterocycles. The summed E-state index contributed by atoms with van der Waals surface area (Å²) in [5.41, 5.74) is 0.375. The highest BCUT2D eigenvalue weighted by Crippen LogP contribution is 2.29. The van der Waals surface area contributed by atoms with Gasteiger partial charge in [0.25, 0.3) is 5.91 Å². The van der Waals surface area contributed by atoms with Crippen molar-refractivity contribution in [2.24, 2.45) is 0 Å². The third-order valence-electron chi connectivity index (χ3n) is 5.55. The maximum atomic E-state index is 12.6. The first-order chi connectivity index (χ1) is 13.0. The lowest BCUT2D eigenvalue weighted by Crippen LogP contribution is -2.37. The minimum Gasteiger partial charge on any atom is -0.377 e. The van der Waals surface area contributed by atoms with Crippen LogP contribution in [0.3, 0.4) is 0 Å². The molecule has 3 aliphatic rings. The van der Waals surface area contributed by atoms with Crippen molar-refractivity contribution < 1.29 is 17.9 Å². The van der Waals surface area contributed by atoms with Gasteiger partial charge in [0.15, 0.2) is 0 Å². The first-order valence-electron chi connectivity index (χ1n) is 9.77. The van der Waals surface area contributed by atoms with E-state index >= 15 is 0 Å². The van der Waals surface area contributed by atoms with Crippen molar-refractivity contribution in [2.45, 2.75) is 55.2 Å². The highest BCUT2D eigenvalue weighted by Gasteiger charge is 2.34. The Morgan fingerprint density at radius 2 is 2.07 bits per heavy atom. The highest BCUT2D eigenvalue weighted by atomic mass is 32.2. The number of sulfonamides is 1. The smallest absolute Gasteiger partial charge is 0.251 e. The number of likely N-dealkylation sites (tertiary alicyclic amines) is 1. The molecule has 2 N–H and O–H groups in total. The SMILES string of the molecule is O=C(NC1CCN(C2CC2)C1)c1cccc(S(=O)(=O)NCC2CCCO2)c1. The quantitative estimate of drug-likeness (QED) is 0.725. The number of hydrogen-bond acceptors (Lipinski definition) is 5. The summed E-state index contributed by atoms with van der Waals surface area (Å²) in [7, 11) is -3.66. The van der Waals surface area contributed by atoms with Crippen molar-refractivity contribution in [1.82, 2.24) is 14.9 Å². The topological polar surface area (TPSA) is 87.7 Å². The molecule has 148 valence electrons. The molecule has 8 heteroatoms. The van der Waals surface area contributed by atoms with Gasteiger partial charge in [0.1, 0.15) is 0 Å². The zero-order valence-electron chi connectivity index (χ0n) is 15.4. The number of nitrogens with one attached hydrogen (secondary N) is 2. The van der Waals surface area contributed by atoms with Crippen LogP contribution in [-0.2, 0) is 14.8 Å². The highest BCUT2D eigenvalue weighted by molar-refractivity contribution is 7.89. The Kier molecular flexibility index (Phi) is 5.50. The molecular formula is C19H27N3O4S. The van der Waals surface area contributed by atoms with Crippen LogP contribution in [0.5, 0.6) is 0 Å². The van der Waals surface area contributed by atoms with E-state index in [1.807, 2.05) is 0 Å². The minimum atomic E-state index is -3.66. The molecule has 0 bridgehead atoms. The van der Waals surface area contributed by atoms with E-state index in [2.05, 4.69) is 14.9 Å². The summed E-state index contributed by atoms with van der Waals surface area (Å²) >= 11 is 0. The summed E-state index contributed by atoms with van der Waals surface area (Å²) in [5, 5.41) is 3.05. The monoisotopic (exact) mass is 393 g/mol. The van der Waals surface area contributed by atoms with Gasteiger partial charge in [-0.25, -0.2) is 13.1 Å². The fourth-order valence-electron chi connectivity index (χ4n) is 3.84. The Bertz CT molecular complexity index is 788. The van der Waals surface area contributed by atoms with Gasteiger partial charge >= 0.3 is 0 Å². The summed E-state index contributed by atoms with van der Waals surface area (Å²) in [6.07, 6.45) is 5.23. The van der Waals surface area contributed by atoms with Gasteiger partial charge < -0.3 is 10.1 Å². The van der Waals surface area contributed by atoms with Crippen LogP contribution < -0.4 is 10.0 Å². The van der Waals surface area contributed by atoms with E-state index in [0.717, 1.165) is 32.4 Å². The molecular weight excluding hydrogens is 366 g/mol. The van der Waals surface area contributed by atoms with E-state index in [1.165, 1.54) is 25.0 Å². The lowest BCUT2D eigenvalue weighted by molar-refractivity contribution is 0.0937. The van der Waals surface area contributed by atoms with Crippen molar-refractivity contribution in [2.75, 3.05) is 26.2 Å². The maximum Gasteiger partial charge on any atom is 0.251 e. The predicted molar refractivity (Wildman–Crippen MR) is 101 cm³/mol. The van der Waals surface area contributed by atoms with Crippen LogP contribution in [-0.4, -0.2) is 63.7 Å². The van der Waals surface area contributed by atoms with E-state index in [0.29, 0.717) is 18.2 Å². The van der Waals surface area contributed by atoms with Gasteiger partial charge in [-0.15, -0.1) is 0 Å². The van der Waals surface area contributed by atoms with E-state index in [-0.39, 0.29) is 29.5 Å². The maximum absolute atomic E-state index is 12.6. The van der Waals surface area contributed by atoms with Crippen LogP contribution in [0.4, 0.5) is 0 Å². The lowest BCUT2D eigenvalue weighted by Gasteiger charge is -2.16. The second-order valence-corrected chi connectivity index (χ2v) is 9.47. The molecule has 0 aromatic heterocycles. The zero-order valence-corrected chi connectivity index (χ0v) is 16.2. The molecule has 3 fully saturated rings. The molecule has 2 unspecified atom stereocenters. The van der Waals surface area contributed by atoms with Crippen LogP contribution >= 0.6 is 0 Å². The Morgan fingerprint density at radius 1 is 1.22 bits per heavy atom. The second-order valence-electron chi connectivity index (χ2n) is 7.70. The standard InChI is InChI=1S/C19H27N3O4S/c23-19(21-15-8-9-22(13-15)16-6-7-16)14-3-1-5-18(11-14)27(24,25)20-12-17-4-2-10-26-17/h1,3,5,11,15-17,20H,2,4,6-10,12-13H2,(H,21,23). The third-order valence-corrected chi connectivity index (χ3v) is 6.97. The summed E-state index contributed by atoms with van der Waals surface area (Å²) in [6.45, 7) is 2.85. The van der Waals surface area contributed by atoms with Gasteiger partial charge in [0.2, 0.25) is 10.0 Å². The molecule has 1 aromatic carbocycles. The van der Waals surface area contributed by atoms with Crippen molar-refractivity contribution >= 4 is 15.9 Å². The predicted octanol–water partition coefficient (Wildman–Crippen LogP) is 1.11. The van der Waals surface area contributed by atoms with E-state index in [1.54, 1.807) is 12.1 Å². The van der Waals surface area contributed by atoms with E-state index in [9.17, 15) is 13.2 Å². The molecule has 0 spiro atoms. The van der Waals surface area contributed by atoms with Crippen LogP contribution in [0, 0.1) is 0 Å². The molecule has 7 nitrogen and oxygen atoms in total. The first kappa shape index (κ1) is 18.9. The van der Waals surface area contributed by atoms with Crippen molar-refractivity contribution in [1.29, 1.82) is 0 Å². The number of carbonyl (C=O) groups excluding carboxylic acids is 1. The number of amides is 1. The molecule has 0 radical (unpaired) electrons. The number of carbonyl (C=O) groups is 1.